The van der Waals surface area contributed by atoms with Crippen molar-refractivity contribution in [3.05, 3.63) is 53.9 Å². The molecule has 1 aromatic carbocycles. The topological polar surface area (TPSA) is 38.0 Å². The minimum absolute atomic E-state index is 0.126. The lowest BCUT2D eigenvalue weighted by Crippen LogP contribution is -2.11. The van der Waals surface area contributed by atoms with Crippen LogP contribution in [0.25, 0.3) is 0 Å². The maximum Gasteiger partial charge on any atom is 0.0631 e. The molecule has 20 heavy (non-hydrogen) atoms. The van der Waals surface area contributed by atoms with Crippen molar-refractivity contribution < 1.29 is 5.11 Å². The van der Waals surface area contributed by atoms with Gasteiger partial charge >= 0.3 is 0 Å². The van der Waals surface area contributed by atoms with Crippen LogP contribution in [0, 0.1) is 0 Å². The van der Waals surface area contributed by atoms with Crippen molar-refractivity contribution in [1.29, 1.82) is 0 Å². The molecule has 1 heterocycles. The molecule has 0 saturated carbocycles. The Bertz CT molecular complexity index is 503. The highest BCUT2D eigenvalue weighted by molar-refractivity contribution is 5.21. The minimum atomic E-state index is 0.126. The number of hydrogen-bond donors (Lipinski definition) is 1. The van der Waals surface area contributed by atoms with Crippen LogP contribution in [0.1, 0.15) is 49.9 Å². The van der Waals surface area contributed by atoms with Crippen LogP contribution in [0.3, 0.4) is 0 Å². The molecule has 0 aliphatic carbocycles. The first-order valence-corrected chi connectivity index (χ1v) is 7.48. The second-order valence-corrected chi connectivity index (χ2v) is 5.25. The minimum Gasteiger partial charge on any atom is -0.396 e. The molecule has 0 saturated heterocycles. The van der Waals surface area contributed by atoms with Gasteiger partial charge in [0.25, 0.3) is 0 Å². The highest BCUT2D eigenvalue weighted by Gasteiger charge is 2.14. The number of aliphatic hydroxyl groups is 1. The lowest BCUT2D eigenvalue weighted by Gasteiger charge is -2.14. The van der Waals surface area contributed by atoms with E-state index in [0.29, 0.717) is 6.04 Å². The summed E-state index contributed by atoms with van der Waals surface area (Å²) in [6.45, 7) is 4.54. The molecule has 0 aliphatic heterocycles. The van der Waals surface area contributed by atoms with Gasteiger partial charge in [0.05, 0.1) is 18.3 Å². The molecule has 3 nitrogen and oxygen atoms in total. The third-order valence-corrected chi connectivity index (χ3v) is 3.93. The molecule has 1 unspecified atom stereocenters. The van der Waals surface area contributed by atoms with Gasteiger partial charge in [-0.05, 0) is 24.5 Å². The van der Waals surface area contributed by atoms with Crippen molar-refractivity contribution in [3.63, 3.8) is 0 Å². The van der Waals surface area contributed by atoms with E-state index in [1.54, 1.807) is 0 Å². The average molecular weight is 272 g/mol. The first kappa shape index (κ1) is 14.8. The molecule has 0 aliphatic rings. The standard InChI is InChI=1S/C17H24N2O/c1-3-17(4-2)19-11-10-16(18-19)12-15(13-20)14-8-6-5-7-9-14/h5-11,15,17,20H,3-4,12-13H2,1-2H3. The van der Waals surface area contributed by atoms with Gasteiger partial charge in [-0.1, -0.05) is 44.2 Å². The fourth-order valence-corrected chi connectivity index (χ4v) is 2.62. The second kappa shape index (κ2) is 7.25. The Morgan fingerprint density at radius 3 is 2.40 bits per heavy atom. The van der Waals surface area contributed by atoms with Crippen molar-refractivity contribution >= 4 is 0 Å². The number of aliphatic hydroxyl groups excluding tert-OH is 1. The molecule has 2 rings (SSSR count). The van der Waals surface area contributed by atoms with E-state index in [9.17, 15) is 5.11 Å². The maximum atomic E-state index is 9.61. The molecule has 108 valence electrons. The van der Waals surface area contributed by atoms with E-state index in [2.05, 4.69) is 48.0 Å². The zero-order chi connectivity index (χ0) is 14.4. The van der Waals surface area contributed by atoms with Crippen LogP contribution in [0.5, 0.6) is 0 Å². The van der Waals surface area contributed by atoms with Crippen LogP contribution in [0.2, 0.25) is 0 Å². The summed E-state index contributed by atoms with van der Waals surface area (Å²) in [7, 11) is 0. The number of rotatable bonds is 7. The van der Waals surface area contributed by atoms with E-state index < -0.39 is 0 Å². The molecule has 1 atom stereocenters. The van der Waals surface area contributed by atoms with Crippen molar-refractivity contribution in [1.82, 2.24) is 9.78 Å². The van der Waals surface area contributed by atoms with Gasteiger partial charge in [0, 0.05) is 18.5 Å². The monoisotopic (exact) mass is 272 g/mol. The Balaban J connectivity index is 2.09. The van der Waals surface area contributed by atoms with E-state index in [-0.39, 0.29) is 12.5 Å². The number of hydrogen-bond acceptors (Lipinski definition) is 2. The number of nitrogens with zero attached hydrogens (tertiary/aromatic N) is 2. The van der Waals surface area contributed by atoms with Crippen LogP contribution >= 0.6 is 0 Å². The van der Waals surface area contributed by atoms with E-state index in [4.69, 9.17) is 0 Å². The summed E-state index contributed by atoms with van der Waals surface area (Å²) in [6, 6.07) is 12.7. The summed E-state index contributed by atoms with van der Waals surface area (Å²) in [6.07, 6.45) is 5.04. The predicted molar refractivity (Wildman–Crippen MR) is 81.8 cm³/mol. The van der Waals surface area contributed by atoms with E-state index in [1.165, 1.54) is 5.56 Å². The van der Waals surface area contributed by atoms with Gasteiger partial charge < -0.3 is 5.11 Å². The van der Waals surface area contributed by atoms with Gasteiger partial charge in [-0.2, -0.15) is 5.10 Å². The molecule has 2 aromatic rings. The van der Waals surface area contributed by atoms with Crippen molar-refractivity contribution in [2.45, 2.75) is 45.1 Å². The van der Waals surface area contributed by atoms with Gasteiger partial charge in [-0.25, -0.2) is 0 Å². The van der Waals surface area contributed by atoms with Crippen molar-refractivity contribution in [2.75, 3.05) is 6.61 Å². The number of aromatic nitrogens is 2. The quantitative estimate of drug-likeness (QED) is 0.837. The molecule has 0 amide bonds. The van der Waals surface area contributed by atoms with Crippen LogP contribution in [-0.2, 0) is 6.42 Å². The fourth-order valence-electron chi connectivity index (χ4n) is 2.62. The Morgan fingerprint density at radius 1 is 1.10 bits per heavy atom. The maximum absolute atomic E-state index is 9.61. The Labute approximate surface area is 121 Å². The molecular weight excluding hydrogens is 248 g/mol. The molecule has 0 spiro atoms. The van der Waals surface area contributed by atoms with Gasteiger partial charge in [0.1, 0.15) is 0 Å². The molecule has 1 aromatic heterocycles. The molecule has 3 heteroatoms. The van der Waals surface area contributed by atoms with Crippen LogP contribution in [0.4, 0.5) is 0 Å². The summed E-state index contributed by atoms with van der Waals surface area (Å²) in [4.78, 5) is 0. The van der Waals surface area contributed by atoms with Crippen molar-refractivity contribution in [3.8, 4) is 0 Å². The van der Waals surface area contributed by atoms with Crippen LogP contribution in [0.15, 0.2) is 42.6 Å². The van der Waals surface area contributed by atoms with E-state index in [1.807, 2.05) is 18.2 Å². The summed E-state index contributed by atoms with van der Waals surface area (Å²) < 4.78 is 2.06. The summed E-state index contributed by atoms with van der Waals surface area (Å²) in [5.41, 5.74) is 2.23. The van der Waals surface area contributed by atoms with Crippen LogP contribution < -0.4 is 0 Å². The Morgan fingerprint density at radius 2 is 1.80 bits per heavy atom. The Hall–Kier alpha value is -1.61. The molecule has 0 fully saturated rings. The average Bonchev–Trinajstić information content (AvgIpc) is 2.95. The zero-order valence-electron chi connectivity index (χ0n) is 12.4. The summed E-state index contributed by atoms with van der Waals surface area (Å²) in [5, 5.41) is 14.3. The van der Waals surface area contributed by atoms with Gasteiger partial charge in [-0.15, -0.1) is 0 Å². The zero-order valence-corrected chi connectivity index (χ0v) is 12.4. The van der Waals surface area contributed by atoms with Crippen molar-refractivity contribution in [2.24, 2.45) is 0 Å². The lowest BCUT2D eigenvalue weighted by molar-refractivity contribution is 0.263. The van der Waals surface area contributed by atoms with Crippen LogP contribution in [-0.4, -0.2) is 21.5 Å². The normalized spacial score (nSPS) is 12.8. The predicted octanol–water partition coefficient (Wildman–Crippen LogP) is 3.56. The molecule has 0 bridgehead atoms. The molecule has 1 N–H and O–H groups in total. The molecular formula is C17H24N2O. The smallest absolute Gasteiger partial charge is 0.0631 e. The first-order valence-electron chi connectivity index (χ1n) is 7.48. The fraction of sp³-hybridized carbons (Fsp3) is 0.471. The Kier molecular flexibility index (Phi) is 5.36. The second-order valence-electron chi connectivity index (χ2n) is 5.25. The third-order valence-electron chi connectivity index (χ3n) is 3.93. The van der Waals surface area contributed by atoms with E-state index >= 15 is 0 Å². The highest BCUT2D eigenvalue weighted by Crippen LogP contribution is 2.21. The number of benzene rings is 1. The van der Waals surface area contributed by atoms with Gasteiger partial charge in [0.15, 0.2) is 0 Å². The lowest BCUT2D eigenvalue weighted by atomic mass is 9.95. The summed E-state index contributed by atoms with van der Waals surface area (Å²) in [5.74, 6) is 0.126. The van der Waals surface area contributed by atoms with E-state index in [0.717, 1.165) is 25.0 Å². The van der Waals surface area contributed by atoms with Gasteiger partial charge in [-0.3, -0.25) is 4.68 Å². The first-order chi connectivity index (χ1) is 9.78. The third kappa shape index (κ3) is 3.48. The highest BCUT2D eigenvalue weighted by atomic mass is 16.3. The summed E-state index contributed by atoms with van der Waals surface area (Å²) >= 11 is 0. The molecule has 0 radical (unpaired) electrons. The largest absolute Gasteiger partial charge is 0.396 e. The SMILES string of the molecule is CCC(CC)n1ccc(CC(CO)c2ccccc2)n1. The van der Waals surface area contributed by atoms with Gasteiger partial charge in [0.2, 0.25) is 0 Å².